The number of thiazole rings is 1. The first-order chi connectivity index (χ1) is 12.5. The number of halogens is 2. The zero-order valence-electron chi connectivity index (χ0n) is 15.6. The molecule has 3 rings (SSSR count). The summed E-state index contributed by atoms with van der Waals surface area (Å²) in [5.41, 5.74) is 1.26. The summed E-state index contributed by atoms with van der Waals surface area (Å²) < 4.78 is 2.60. The normalized spacial score (nSPS) is 11.0. The van der Waals surface area contributed by atoms with Crippen molar-refractivity contribution in [2.24, 2.45) is 7.05 Å². The molecule has 0 aliphatic heterocycles. The van der Waals surface area contributed by atoms with Crippen molar-refractivity contribution in [2.75, 3.05) is 31.1 Å². The average molecular weight is 428 g/mol. The molecule has 0 N–H and O–H groups in total. The molecule has 0 radical (unpaired) electrons. The summed E-state index contributed by atoms with van der Waals surface area (Å²) in [6, 6.07) is 7.31. The van der Waals surface area contributed by atoms with Crippen molar-refractivity contribution >= 4 is 56.6 Å². The Morgan fingerprint density at radius 1 is 1.22 bits per heavy atom. The fourth-order valence-electron chi connectivity index (χ4n) is 2.73. The number of amides is 1. The predicted molar refractivity (Wildman–Crippen MR) is 115 cm³/mol. The number of carbonyl (C=O) groups excluding carboxylic acids is 1. The summed E-state index contributed by atoms with van der Waals surface area (Å²) in [7, 11) is 1.80. The molecule has 1 amide bonds. The van der Waals surface area contributed by atoms with E-state index in [-0.39, 0.29) is 18.3 Å². The lowest BCUT2D eigenvalue weighted by atomic mass is 10.3. The minimum absolute atomic E-state index is 0. The van der Waals surface area contributed by atoms with Crippen LogP contribution in [0.25, 0.3) is 10.2 Å². The number of fused-ring (bicyclic) bond motifs is 1. The molecular formula is C18H23Cl2N5OS. The Hall–Kier alpha value is -1.67. The number of anilines is 1. The highest BCUT2D eigenvalue weighted by atomic mass is 35.5. The predicted octanol–water partition coefficient (Wildman–Crippen LogP) is 4.09. The molecule has 0 atom stereocenters. The van der Waals surface area contributed by atoms with Gasteiger partial charge in [-0.1, -0.05) is 36.8 Å². The van der Waals surface area contributed by atoms with Crippen LogP contribution in [0.5, 0.6) is 0 Å². The van der Waals surface area contributed by atoms with E-state index >= 15 is 0 Å². The number of hydrogen-bond donors (Lipinski definition) is 0. The Morgan fingerprint density at radius 2 is 1.96 bits per heavy atom. The summed E-state index contributed by atoms with van der Waals surface area (Å²) in [5.74, 6) is -0.136. The van der Waals surface area contributed by atoms with Gasteiger partial charge in [-0.25, -0.2) is 4.98 Å². The molecule has 0 fully saturated rings. The molecule has 2 heterocycles. The number of likely N-dealkylation sites (N-methyl/N-ethyl adjacent to an activating group) is 1. The topological polar surface area (TPSA) is 54.3 Å². The Morgan fingerprint density at radius 3 is 2.59 bits per heavy atom. The van der Waals surface area contributed by atoms with Gasteiger partial charge in [0, 0.05) is 31.4 Å². The van der Waals surface area contributed by atoms with Crippen molar-refractivity contribution in [2.45, 2.75) is 13.8 Å². The zero-order valence-corrected chi connectivity index (χ0v) is 17.9. The van der Waals surface area contributed by atoms with Gasteiger partial charge < -0.3 is 4.90 Å². The van der Waals surface area contributed by atoms with Crippen molar-refractivity contribution in [3.63, 3.8) is 0 Å². The third kappa shape index (κ3) is 4.99. The summed E-state index contributed by atoms with van der Waals surface area (Å²) in [6.45, 7) is 7.46. The van der Waals surface area contributed by atoms with Gasteiger partial charge >= 0.3 is 0 Å². The van der Waals surface area contributed by atoms with Crippen LogP contribution in [0.15, 0.2) is 30.5 Å². The van der Waals surface area contributed by atoms with Crippen molar-refractivity contribution in [1.29, 1.82) is 0 Å². The van der Waals surface area contributed by atoms with Crippen molar-refractivity contribution in [3.05, 3.63) is 41.2 Å². The number of hydrogen-bond acceptors (Lipinski definition) is 5. The number of carbonyl (C=O) groups is 1. The quantitative estimate of drug-likeness (QED) is 0.569. The molecule has 0 aliphatic rings. The number of nitrogens with zero attached hydrogens (tertiary/aromatic N) is 5. The highest BCUT2D eigenvalue weighted by molar-refractivity contribution is 7.22. The molecule has 0 bridgehead atoms. The Kier molecular flexibility index (Phi) is 7.61. The second kappa shape index (κ2) is 9.50. The van der Waals surface area contributed by atoms with Gasteiger partial charge in [0.2, 0.25) is 0 Å². The molecule has 146 valence electrons. The first-order valence-electron chi connectivity index (χ1n) is 8.61. The van der Waals surface area contributed by atoms with Crippen LogP contribution in [-0.4, -0.2) is 51.8 Å². The van der Waals surface area contributed by atoms with E-state index in [4.69, 9.17) is 11.6 Å². The summed E-state index contributed by atoms with van der Waals surface area (Å²) in [4.78, 5) is 21.7. The summed E-state index contributed by atoms with van der Waals surface area (Å²) in [6.07, 6.45) is 1.77. The van der Waals surface area contributed by atoms with Gasteiger partial charge in [0.25, 0.3) is 5.91 Å². The molecule has 27 heavy (non-hydrogen) atoms. The Labute approximate surface area is 174 Å². The molecule has 0 spiro atoms. The third-order valence-corrected chi connectivity index (χ3v) is 5.56. The van der Waals surface area contributed by atoms with Gasteiger partial charge in [-0.15, -0.1) is 12.4 Å². The fourth-order valence-corrected chi connectivity index (χ4v) is 4.00. The first-order valence-corrected chi connectivity index (χ1v) is 9.81. The van der Waals surface area contributed by atoms with Crippen molar-refractivity contribution < 1.29 is 4.79 Å². The monoisotopic (exact) mass is 427 g/mol. The second-order valence-corrected chi connectivity index (χ2v) is 7.41. The van der Waals surface area contributed by atoms with Crippen LogP contribution >= 0.6 is 35.3 Å². The minimum Gasteiger partial charge on any atom is -0.302 e. The van der Waals surface area contributed by atoms with Crippen molar-refractivity contribution in [1.82, 2.24) is 19.7 Å². The minimum atomic E-state index is -0.136. The van der Waals surface area contributed by atoms with Crippen molar-refractivity contribution in [3.8, 4) is 0 Å². The van der Waals surface area contributed by atoms with Gasteiger partial charge in [-0.2, -0.15) is 5.10 Å². The van der Waals surface area contributed by atoms with Crippen LogP contribution in [-0.2, 0) is 7.05 Å². The number of aromatic nitrogens is 3. The molecule has 0 saturated carbocycles. The maximum atomic E-state index is 13.1. The fraction of sp³-hybridized carbons (Fsp3) is 0.389. The third-order valence-electron chi connectivity index (χ3n) is 4.28. The second-order valence-electron chi connectivity index (χ2n) is 5.97. The van der Waals surface area contributed by atoms with Gasteiger partial charge in [0.05, 0.1) is 10.2 Å². The standard InChI is InChI=1S/C18H22ClN5OS.ClH/c1-4-23(5-2)10-11-24(17(25)15-8-9-22(3)21-15)18-20-14-7-6-13(19)12-16(14)26-18;/h6-9,12H,4-5,10-11H2,1-3H3;1H. The highest BCUT2D eigenvalue weighted by Gasteiger charge is 2.23. The van der Waals surface area contributed by atoms with E-state index in [2.05, 4.69) is 28.8 Å². The molecule has 9 heteroatoms. The van der Waals surface area contributed by atoms with Gasteiger partial charge in [0.1, 0.15) is 0 Å². The van der Waals surface area contributed by atoms with E-state index in [0.29, 0.717) is 22.4 Å². The molecule has 2 aromatic heterocycles. The van der Waals surface area contributed by atoms with Crippen LogP contribution < -0.4 is 4.90 Å². The molecule has 1 aromatic carbocycles. The Balaban J connectivity index is 0.00000261. The van der Waals surface area contributed by atoms with E-state index in [1.54, 1.807) is 28.9 Å². The first kappa shape index (κ1) is 21.6. The Bertz CT molecular complexity index is 906. The van der Waals surface area contributed by atoms with Gasteiger partial charge in [-0.05, 0) is 37.4 Å². The van der Waals surface area contributed by atoms with E-state index in [1.165, 1.54) is 11.3 Å². The summed E-state index contributed by atoms with van der Waals surface area (Å²) in [5, 5.41) is 5.60. The smallest absolute Gasteiger partial charge is 0.280 e. The lowest BCUT2D eigenvalue weighted by Crippen LogP contribution is -2.39. The lowest BCUT2D eigenvalue weighted by Gasteiger charge is -2.24. The molecule has 6 nitrogen and oxygen atoms in total. The summed E-state index contributed by atoms with van der Waals surface area (Å²) >= 11 is 7.56. The lowest BCUT2D eigenvalue weighted by molar-refractivity contribution is 0.0978. The van der Waals surface area contributed by atoms with E-state index in [9.17, 15) is 4.79 Å². The van der Waals surface area contributed by atoms with Crippen LogP contribution in [0.2, 0.25) is 5.02 Å². The van der Waals surface area contributed by atoms with E-state index < -0.39 is 0 Å². The number of benzene rings is 1. The largest absolute Gasteiger partial charge is 0.302 e. The van der Waals surface area contributed by atoms with Gasteiger partial charge in [-0.3, -0.25) is 14.4 Å². The molecular weight excluding hydrogens is 405 g/mol. The molecule has 3 aromatic rings. The molecule has 0 aliphatic carbocycles. The van der Waals surface area contributed by atoms with E-state index in [0.717, 1.165) is 29.9 Å². The van der Waals surface area contributed by atoms with E-state index in [1.807, 2.05) is 18.2 Å². The maximum absolute atomic E-state index is 13.1. The van der Waals surface area contributed by atoms with Crippen LogP contribution in [0.3, 0.4) is 0 Å². The SMILES string of the molecule is CCN(CC)CCN(C(=O)c1ccn(C)n1)c1nc2ccc(Cl)cc2s1.Cl. The van der Waals surface area contributed by atoms with Crippen LogP contribution in [0, 0.1) is 0 Å². The maximum Gasteiger partial charge on any atom is 0.280 e. The molecule has 0 unspecified atom stereocenters. The van der Waals surface area contributed by atoms with Crippen LogP contribution in [0.1, 0.15) is 24.3 Å². The van der Waals surface area contributed by atoms with Gasteiger partial charge in [0.15, 0.2) is 10.8 Å². The zero-order chi connectivity index (χ0) is 18.7. The molecule has 0 saturated heterocycles. The highest BCUT2D eigenvalue weighted by Crippen LogP contribution is 2.31. The number of rotatable bonds is 7. The average Bonchev–Trinajstić information content (AvgIpc) is 3.24. The van der Waals surface area contributed by atoms with Crippen LogP contribution in [0.4, 0.5) is 5.13 Å². The number of aryl methyl sites for hydroxylation is 1.